The van der Waals surface area contributed by atoms with E-state index in [1.807, 2.05) is 24.3 Å². The summed E-state index contributed by atoms with van der Waals surface area (Å²) in [5, 5.41) is 0. The van der Waals surface area contributed by atoms with Gasteiger partial charge in [-0.3, -0.25) is 0 Å². The van der Waals surface area contributed by atoms with Crippen molar-refractivity contribution in [3.05, 3.63) is 163 Å². The predicted molar refractivity (Wildman–Crippen MR) is 174 cm³/mol. The summed E-state index contributed by atoms with van der Waals surface area (Å²) in [4.78, 5) is -0.296. The first-order chi connectivity index (χ1) is 21.3. The van der Waals surface area contributed by atoms with E-state index in [0.29, 0.717) is 19.6 Å². The average molecular weight is 631 g/mol. The number of rotatable bonds is 11. The van der Waals surface area contributed by atoms with Crippen molar-refractivity contribution >= 4 is 26.5 Å². The molecule has 0 radical (unpaired) electrons. The van der Waals surface area contributed by atoms with Gasteiger partial charge in [0.05, 0.1) is 0 Å². The first kappa shape index (κ1) is 29.6. The van der Waals surface area contributed by atoms with Crippen molar-refractivity contribution < 1.29 is 18.9 Å². The molecule has 1 saturated heterocycles. The summed E-state index contributed by atoms with van der Waals surface area (Å²) >= 11 is -3.71. The van der Waals surface area contributed by atoms with Gasteiger partial charge in [-0.2, -0.15) is 0 Å². The molecule has 0 N–H and O–H groups in total. The Morgan fingerprint density at radius 3 is 1.37 bits per heavy atom. The van der Waals surface area contributed by atoms with Gasteiger partial charge in [-0.1, -0.05) is 0 Å². The van der Waals surface area contributed by atoms with Crippen LogP contribution in [0.15, 0.2) is 152 Å². The van der Waals surface area contributed by atoms with E-state index in [9.17, 15) is 0 Å². The minimum absolute atomic E-state index is 0.242. The predicted octanol–water partition coefficient (Wildman–Crippen LogP) is 5.63. The van der Waals surface area contributed by atoms with E-state index in [4.69, 9.17) is 18.9 Å². The Morgan fingerprint density at radius 1 is 0.558 bits per heavy atom. The maximum absolute atomic E-state index is 7.10. The molecule has 0 unspecified atom stereocenters. The molecular weight excluding hydrogens is 593 g/mol. The van der Waals surface area contributed by atoms with E-state index in [-0.39, 0.29) is 17.1 Å². The van der Waals surface area contributed by atoms with E-state index < -0.39 is 19.6 Å². The summed E-state index contributed by atoms with van der Waals surface area (Å²) in [6, 6.07) is 53.4. The maximum atomic E-state index is 7.10. The van der Waals surface area contributed by atoms with Crippen molar-refractivity contribution in [3.63, 3.8) is 0 Å². The molecule has 0 aliphatic carbocycles. The zero-order valence-electron chi connectivity index (χ0n) is 24.5. The fourth-order valence-electron chi connectivity index (χ4n) is 6.31. The molecule has 0 aromatic heterocycles. The van der Waals surface area contributed by atoms with Crippen molar-refractivity contribution in [2.24, 2.45) is 0 Å². The Morgan fingerprint density at radius 2 is 0.953 bits per heavy atom. The van der Waals surface area contributed by atoms with Gasteiger partial charge in [-0.25, -0.2) is 0 Å². The van der Waals surface area contributed by atoms with Crippen LogP contribution in [0.3, 0.4) is 0 Å². The van der Waals surface area contributed by atoms with Crippen molar-refractivity contribution in [2.75, 3.05) is 7.11 Å². The molecule has 5 aromatic carbocycles. The van der Waals surface area contributed by atoms with E-state index in [1.54, 1.807) is 7.11 Å². The Kier molecular flexibility index (Phi) is 9.83. The number of hydrogen-bond acceptors (Lipinski definition) is 4. The summed E-state index contributed by atoms with van der Waals surface area (Å²) in [6.07, 6.45) is -0.427. The van der Waals surface area contributed by atoms with E-state index >= 15 is 0 Å². The van der Waals surface area contributed by atoms with Crippen LogP contribution in [-0.4, -0.2) is 43.8 Å². The molecule has 218 valence electrons. The first-order valence-electron chi connectivity index (χ1n) is 14.9. The van der Waals surface area contributed by atoms with Crippen LogP contribution in [0.1, 0.15) is 17.5 Å². The standard InChI is InChI=1S/C38H38GeO4/c1-40-36-27-35(41-28-30-17-7-2-8-18-30)37(42-29-31-19-9-3-10-20-31)38(43-36)39(32-21-11-4-12-22-32,33-23-13-5-14-24-33)34-25-15-6-16-26-34/h2-26,35-38H,27-29H2,1H3/t35-,36+,37+,38+/m1/s1. The minimum atomic E-state index is -3.71. The van der Waals surface area contributed by atoms with Gasteiger partial charge >= 0.3 is 258 Å². The molecule has 6 rings (SSSR count). The van der Waals surface area contributed by atoms with Crippen LogP contribution in [0.4, 0.5) is 0 Å². The van der Waals surface area contributed by atoms with Crippen LogP contribution in [-0.2, 0) is 32.2 Å². The molecule has 5 aromatic rings. The van der Waals surface area contributed by atoms with Gasteiger partial charge < -0.3 is 0 Å². The summed E-state index contributed by atoms with van der Waals surface area (Å²) in [5.41, 5.74) is 2.25. The second-order valence-electron chi connectivity index (χ2n) is 11.0. The van der Waals surface area contributed by atoms with Gasteiger partial charge in [0.25, 0.3) is 0 Å². The molecule has 0 saturated carbocycles. The quantitative estimate of drug-likeness (QED) is 0.177. The molecule has 43 heavy (non-hydrogen) atoms. The first-order valence-corrected chi connectivity index (χ1v) is 19.3. The third-order valence-electron chi connectivity index (χ3n) is 8.36. The van der Waals surface area contributed by atoms with Gasteiger partial charge in [0.1, 0.15) is 0 Å². The van der Waals surface area contributed by atoms with E-state index in [1.165, 1.54) is 13.2 Å². The third kappa shape index (κ3) is 6.54. The zero-order chi connectivity index (χ0) is 29.3. The fourth-order valence-corrected chi connectivity index (χ4v) is 17.4. The molecule has 4 atom stereocenters. The summed E-state index contributed by atoms with van der Waals surface area (Å²) in [7, 11) is 1.73. The van der Waals surface area contributed by atoms with Crippen LogP contribution in [0, 0.1) is 0 Å². The Balaban J connectivity index is 1.52. The summed E-state index contributed by atoms with van der Waals surface area (Å²) in [6.45, 7) is 0.951. The topological polar surface area (TPSA) is 36.9 Å². The summed E-state index contributed by atoms with van der Waals surface area (Å²) in [5.74, 6) is 0. The Hall–Kier alpha value is -3.52. The number of ether oxygens (including phenoxy) is 4. The Labute approximate surface area is 257 Å². The van der Waals surface area contributed by atoms with Crippen LogP contribution < -0.4 is 13.2 Å². The molecule has 4 nitrogen and oxygen atoms in total. The van der Waals surface area contributed by atoms with Crippen LogP contribution in [0.2, 0.25) is 0 Å². The molecule has 0 bridgehead atoms. The zero-order valence-corrected chi connectivity index (χ0v) is 26.6. The molecule has 1 aliphatic rings. The van der Waals surface area contributed by atoms with Crippen LogP contribution in [0.5, 0.6) is 0 Å². The molecule has 1 fully saturated rings. The van der Waals surface area contributed by atoms with Crippen LogP contribution in [0.25, 0.3) is 0 Å². The molecular formula is C38H38GeO4. The van der Waals surface area contributed by atoms with Gasteiger partial charge in [-0.15, -0.1) is 0 Å². The normalized spacial score (nSPS) is 20.5. The summed E-state index contributed by atoms with van der Waals surface area (Å²) < 4.78 is 30.8. The molecule has 1 aliphatic heterocycles. The third-order valence-corrected chi connectivity index (χ3v) is 19.0. The number of hydrogen-bond donors (Lipinski definition) is 0. The van der Waals surface area contributed by atoms with E-state index in [2.05, 4.69) is 127 Å². The molecule has 1 heterocycles. The van der Waals surface area contributed by atoms with Gasteiger partial charge in [0.15, 0.2) is 0 Å². The molecule has 0 spiro atoms. The fraction of sp³-hybridized carbons (Fsp3) is 0.211. The van der Waals surface area contributed by atoms with Crippen molar-refractivity contribution in [3.8, 4) is 0 Å². The van der Waals surface area contributed by atoms with Crippen LogP contribution >= 0.6 is 0 Å². The monoisotopic (exact) mass is 632 g/mol. The number of methoxy groups -OCH3 is 1. The average Bonchev–Trinajstić information content (AvgIpc) is 3.09. The van der Waals surface area contributed by atoms with Crippen molar-refractivity contribution in [2.45, 2.75) is 43.1 Å². The SMILES string of the molecule is CO[C@@H]1C[C@@H](OCc2ccccc2)[C@H](OCc2ccccc2)[C@@H]([Ge]([c]2ccccc2)([c]2ccccc2)[c]2ccccc2)O1. The molecule has 5 heteroatoms. The van der Waals surface area contributed by atoms with Gasteiger partial charge in [-0.05, 0) is 0 Å². The second kappa shape index (κ2) is 14.3. The van der Waals surface area contributed by atoms with Crippen molar-refractivity contribution in [1.29, 1.82) is 0 Å². The molecule has 0 amide bonds. The van der Waals surface area contributed by atoms with Gasteiger partial charge in [0, 0.05) is 0 Å². The Bertz CT molecular complexity index is 1420. The van der Waals surface area contributed by atoms with Crippen molar-refractivity contribution in [1.82, 2.24) is 0 Å². The number of benzene rings is 5. The van der Waals surface area contributed by atoms with Gasteiger partial charge in [0.2, 0.25) is 0 Å². The second-order valence-corrected chi connectivity index (χ2v) is 19.2. The van der Waals surface area contributed by atoms with E-state index in [0.717, 1.165) is 11.1 Å².